The Morgan fingerprint density at radius 3 is 0.500 bits per heavy atom. The number of hydrogen-bond donors (Lipinski definition) is 0. The number of halogens is 1. The van der Waals surface area contributed by atoms with E-state index in [4.69, 9.17) is 0 Å². The molecule has 0 unspecified atom stereocenters. The third-order valence-corrected chi connectivity index (χ3v) is 0. The SMILES string of the molecule is Cl.O.O.O.O.[BaH2]. The Labute approximate surface area is 82.0 Å². The van der Waals surface area contributed by atoms with E-state index in [2.05, 4.69) is 0 Å². The van der Waals surface area contributed by atoms with Crippen molar-refractivity contribution in [3.63, 3.8) is 0 Å². The first kappa shape index (κ1) is 119. The van der Waals surface area contributed by atoms with E-state index in [1.54, 1.807) is 0 Å². The van der Waals surface area contributed by atoms with Gasteiger partial charge in [0.25, 0.3) is 0 Å². The van der Waals surface area contributed by atoms with Crippen LogP contribution in [0.3, 0.4) is 0 Å². The van der Waals surface area contributed by atoms with Crippen LogP contribution in [-0.2, 0) is 0 Å². The van der Waals surface area contributed by atoms with Crippen LogP contribution in [0.1, 0.15) is 0 Å². The molecule has 6 heavy (non-hydrogen) atoms. The zero-order chi connectivity index (χ0) is 0. The van der Waals surface area contributed by atoms with Gasteiger partial charge in [-0.3, -0.25) is 0 Å². The van der Waals surface area contributed by atoms with Crippen LogP contribution in [-0.4, -0.2) is 70.8 Å². The van der Waals surface area contributed by atoms with E-state index in [-0.39, 0.29) is 83.2 Å². The first-order valence-electron chi connectivity index (χ1n) is 0. The van der Waals surface area contributed by atoms with E-state index in [9.17, 15) is 0 Å². The van der Waals surface area contributed by atoms with Gasteiger partial charge in [0.05, 0.1) is 0 Å². The molecular formula is H11BaClO4. The summed E-state index contributed by atoms with van der Waals surface area (Å²) in [5, 5.41) is 0. The molecule has 0 fully saturated rings. The monoisotopic (exact) mass is 248 g/mol. The molecule has 0 aromatic rings. The third-order valence-electron chi connectivity index (χ3n) is 0. The molecule has 6 heteroatoms. The molecule has 0 saturated carbocycles. The fourth-order valence-corrected chi connectivity index (χ4v) is 0. The summed E-state index contributed by atoms with van der Waals surface area (Å²) in [4.78, 5) is 0. The van der Waals surface area contributed by atoms with E-state index >= 15 is 0 Å². The fourth-order valence-electron chi connectivity index (χ4n) is 0. The molecule has 0 atom stereocenters. The normalized spacial score (nSPS) is 0. The van der Waals surface area contributed by atoms with Gasteiger partial charge in [0.1, 0.15) is 0 Å². The number of rotatable bonds is 0. The molecule has 0 aliphatic heterocycles. The van der Waals surface area contributed by atoms with Gasteiger partial charge in [0, 0.05) is 0 Å². The Morgan fingerprint density at radius 2 is 0.500 bits per heavy atom. The van der Waals surface area contributed by atoms with Crippen molar-refractivity contribution in [1.29, 1.82) is 0 Å². The molecule has 0 saturated heterocycles. The quantitative estimate of drug-likeness (QED) is 0.390. The molecule has 0 aliphatic carbocycles. The van der Waals surface area contributed by atoms with Crippen molar-refractivity contribution >= 4 is 61.3 Å². The first-order valence-corrected chi connectivity index (χ1v) is 0. The van der Waals surface area contributed by atoms with Crippen LogP contribution in [0.4, 0.5) is 0 Å². The van der Waals surface area contributed by atoms with Gasteiger partial charge in [-0.25, -0.2) is 0 Å². The standard InChI is InChI=1S/Ba.ClH.4H2O.2H/h;1H;4*1H2;;. The molecule has 0 heterocycles. The molecule has 0 aromatic heterocycles. The Morgan fingerprint density at radius 1 is 0.500 bits per heavy atom. The third kappa shape index (κ3) is 43.5. The van der Waals surface area contributed by atoms with Gasteiger partial charge in [-0.05, 0) is 0 Å². The molecule has 0 bridgehead atoms. The second-order valence-electron chi connectivity index (χ2n) is 0. The topological polar surface area (TPSA) is 126 Å². The molecule has 0 spiro atoms. The van der Waals surface area contributed by atoms with Crippen LogP contribution < -0.4 is 0 Å². The Bertz CT molecular complexity index is 7.51. The van der Waals surface area contributed by atoms with Gasteiger partial charge in [-0.15, -0.1) is 12.4 Å². The van der Waals surface area contributed by atoms with Crippen molar-refractivity contribution < 1.29 is 21.9 Å². The first-order chi connectivity index (χ1) is 0. The Balaban J connectivity index is 0. The van der Waals surface area contributed by atoms with E-state index in [0.717, 1.165) is 0 Å². The van der Waals surface area contributed by atoms with Gasteiger partial charge in [0.2, 0.25) is 0 Å². The molecule has 0 rings (SSSR count). The summed E-state index contributed by atoms with van der Waals surface area (Å²) >= 11 is 0. The predicted molar refractivity (Wildman–Crippen MR) is 30.2 cm³/mol. The molecule has 0 aliphatic rings. The summed E-state index contributed by atoms with van der Waals surface area (Å²) in [6.07, 6.45) is 0. The van der Waals surface area contributed by atoms with E-state index in [1.807, 2.05) is 0 Å². The number of hydrogen-bond acceptors (Lipinski definition) is 0. The molecular weight excluding hydrogens is 237 g/mol. The summed E-state index contributed by atoms with van der Waals surface area (Å²) in [6.45, 7) is 0. The molecule has 4 nitrogen and oxygen atoms in total. The molecule has 0 radical (unpaired) electrons. The van der Waals surface area contributed by atoms with Crippen LogP contribution in [0.2, 0.25) is 0 Å². The minimum absolute atomic E-state index is 0. The van der Waals surface area contributed by atoms with Gasteiger partial charge < -0.3 is 21.9 Å². The maximum atomic E-state index is 0. The van der Waals surface area contributed by atoms with Crippen LogP contribution in [0.25, 0.3) is 0 Å². The van der Waals surface area contributed by atoms with Crippen molar-refractivity contribution in [3.05, 3.63) is 0 Å². The van der Waals surface area contributed by atoms with Crippen molar-refractivity contribution in [2.45, 2.75) is 0 Å². The zero-order valence-corrected chi connectivity index (χ0v) is 3.22. The molecule has 0 aromatic carbocycles. The van der Waals surface area contributed by atoms with Gasteiger partial charge in [0.15, 0.2) is 0 Å². The van der Waals surface area contributed by atoms with Crippen molar-refractivity contribution in [3.8, 4) is 0 Å². The average Bonchev–Trinajstić information content (AvgIpc) is 0. The van der Waals surface area contributed by atoms with Crippen molar-refractivity contribution in [2.24, 2.45) is 0 Å². The van der Waals surface area contributed by atoms with E-state index in [0.29, 0.717) is 0 Å². The minimum atomic E-state index is 0. The van der Waals surface area contributed by atoms with Crippen LogP contribution in [0.5, 0.6) is 0 Å². The second-order valence-corrected chi connectivity index (χ2v) is 0. The van der Waals surface area contributed by atoms with Gasteiger partial charge in [-0.1, -0.05) is 0 Å². The Hall–Kier alpha value is 1.70. The van der Waals surface area contributed by atoms with E-state index in [1.165, 1.54) is 0 Å². The molecule has 44 valence electrons. The van der Waals surface area contributed by atoms with Crippen molar-refractivity contribution in [1.82, 2.24) is 0 Å². The average molecular weight is 248 g/mol. The van der Waals surface area contributed by atoms with Crippen LogP contribution >= 0.6 is 12.4 Å². The maximum absolute atomic E-state index is 0. The summed E-state index contributed by atoms with van der Waals surface area (Å²) in [7, 11) is 0. The predicted octanol–water partition coefficient (Wildman–Crippen LogP) is -3.79. The zero-order valence-electron chi connectivity index (χ0n) is 2.41. The summed E-state index contributed by atoms with van der Waals surface area (Å²) < 4.78 is 0. The Kier molecular flexibility index (Phi) is 1500. The van der Waals surface area contributed by atoms with Crippen LogP contribution in [0, 0.1) is 0 Å². The second kappa shape index (κ2) is 75.3. The molecule has 8 N–H and O–H groups in total. The van der Waals surface area contributed by atoms with Gasteiger partial charge in [-0.2, -0.15) is 0 Å². The molecule has 0 amide bonds. The fraction of sp³-hybridized carbons (Fsp3) is 0. The van der Waals surface area contributed by atoms with Crippen LogP contribution in [0.15, 0.2) is 0 Å². The van der Waals surface area contributed by atoms with Crippen molar-refractivity contribution in [2.75, 3.05) is 0 Å². The van der Waals surface area contributed by atoms with E-state index < -0.39 is 0 Å². The summed E-state index contributed by atoms with van der Waals surface area (Å²) in [6, 6.07) is 0. The summed E-state index contributed by atoms with van der Waals surface area (Å²) in [5.41, 5.74) is 0. The summed E-state index contributed by atoms with van der Waals surface area (Å²) in [5.74, 6) is 0. The van der Waals surface area contributed by atoms with Gasteiger partial charge >= 0.3 is 48.9 Å².